The summed E-state index contributed by atoms with van der Waals surface area (Å²) in [5.74, 6) is 0.709. The van der Waals surface area contributed by atoms with E-state index in [0.29, 0.717) is 0 Å². The van der Waals surface area contributed by atoms with Crippen LogP contribution in [0, 0.1) is 12.7 Å². The van der Waals surface area contributed by atoms with E-state index in [0.717, 1.165) is 50.6 Å². The van der Waals surface area contributed by atoms with E-state index in [4.69, 9.17) is 0 Å². The van der Waals surface area contributed by atoms with E-state index in [-0.39, 0.29) is 5.82 Å². The number of nitrogens with one attached hydrogen (secondary N) is 2. The molecule has 3 heterocycles. The molecular weight excluding hydrogens is 353 g/mol. The van der Waals surface area contributed by atoms with Crippen LogP contribution in [-0.2, 0) is 7.05 Å². The zero-order valence-corrected chi connectivity index (χ0v) is 15.5. The normalized spacial score (nSPS) is 11.4. The van der Waals surface area contributed by atoms with Gasteiger partial charge in [-0.1, -0.05) is 24.3 Å². The summed E-state index contributed by atoms with van der Waals surface area (Å²) in [6.07, 6.45) is 1.84. The maximum absolute atomic E-state index is 13.3. The van der Waals surface area contributed by atoms with Crippen molar-refractivity contribution in [2.24, 2.45) is 7.05 Å². The molecule has 3 aromatic heterocycles. The van der Waals surface area contributed by atoms with Crippen LogP contribution < -0.4 is 0 Å². The summed E-state index contributed by atoms with van der Waals surface area (Å²) >= 11 is 0. The molecule has 0 aliphatic heterocycles. The van der Waals surface area contributed by atoms with Crippen molar-refractivity contribution >= 4 is 10.9 Å². The lowest BCUT2D eigenvalue weighted by atomic mass is 10.0. The first-order chi connectivity index (χ1) is 13.6. The zero-order valence-electron chi connectivity index (χ0n) is 15.5. The minimum absolute atomic E-state index is 0.236. The molecular formula is C22H18FN5. The average molecular weight is 371 g/mol. The zero-order chi connectivity index (χ0) is 19.3. The molecule has 28 heavy (non-hydrogen) atoms. The molecule has 0 unspecified atom stereocenters. The second-order valence-electron chi connectivity index (χ2n) is 6.87. The lowest BCUT2D eigenvalue weighted by Crippen LogP contribution is -1.94. The highest BCUT2D eigenvalue weighted by molar-refractivity contribution is 5.98. The fourth-order valence-electron chi connectivity index (χ4n) is 3.52. The Morgan fingerprint density at radius 2 is 1.82 bits per heavy atom. The molecule has 138 valence electrons. The molecule has 0 amide bonds. The summed E-state index contributed by atoms with van der Waals surface area (Å²) in [5, 5.41) is 8.65. The second-order valence-corrected chi connectivity index (χ2v) is 6.87. The molecule has 0 atom stereocenters. The minimum atomic E-state index is -0.236. The van der Waals surface area contributed by atoms with Crippen LogP contribution in [0.4, 0.5) is 4.39 Å². The standard InChI is InChI=1S/C22H18FN5/c1-13-24-12-22(28(13)2)21-11-20(26-27-21)19-10-17-16(4-3-5-18(17)25-19)14-6-8-15(23)9-7-14/h3-12,25H,1-2H3,(H,26,27). The van der Waals surface area contributed by atoms with Gasteiger partial charge in [0.2, 0.25) is 0 Å². The van der Waals surface area contributed by atoms with Gasteiger partial charge < -0.3 is 9.55 Å². The molecule has 0 saturated heterocycles. The van der Waals surface area contributed by atoms with Gasteiger partial charge in [-0.05, 0) is 48.4 Å². The minimum Gasteiger partial charge on any atom is -0.353 e. The smallest absolute Gasteiger partial charge is 0.123 e. The van der Waals surface area contributed by atoms with Crippen molar-refractivity contribution < 1.29 is 4.39 Å². The number of aryl methyl sites for hydroxylation is 1. The molecule has 2 N–H and O–H groups in total. The number of halogens is 1. The number of hydrogen-bond donors (Lipinski definition) is 2. The van der Waals surface area contributed by atoms with E-state index < -0.39 is 0 Å². The van der Waals surface area contributed by atoms with Crippen LogP contribution in [0.25, 0.3) is 44.8 Å². The first kappa shape index (κ1) is 16.5. The van der Waals surface area contributed by atoms with Gasteiger partial charge in [0, 0.05) is 18.0 Å². The molecule has 0 bridgehead atoms. The first-order valence-electron chi connectivity index (χ1n) is 9.02. The Labute approximate surface area is 160 Å². The molecule has 5 aromatic rings. The number of imidazole rings is 1. The van der Waals surface area contributed by atoms with Gasteiger partial charge in [-0.2, -0.15) is 5.10 Å². The van der Waals surface area contributed by atoms with Gasteiger partial charge in [-0.15, -0.1) is 0 Å². The van der Waals surface area contributed by atoms with Gasteiger partial charge >= 0.3 is 0 Å². The van der Waals surface area contributed by atoms with Crippen LogP contribution in [0.2, 0.25) is 0 Å². The molecule has 2 aromatic carbocycles. The van der Waals surface area contributed by atoms with E-state index in [1.54, 1.807) is 12.1 Å². The van der Waals surface area contributed by atoms with E-state index >= 15 is 0 Å². The highest BCUT2D eigenvalue weighted by Crippen LogP contribution is 2.32. The summed E-state index contributed by atoms with van der Waals surface area (Å²) in [6, 6.07) is 16.7. The van der Waals surface area contributed by atoms with Gasteiger partial charge in [0.05, 0.1) is 23.3 Å². The van der Waals surface area contributed by atoms with Gasteiger partial charge in [0.15, 0.2) is 0 Å². The Hall–Kier alpha value is -3.67. The number of hydrogen-bond acceptors (Lipinski definition) is 2. The second kappa shape index (κ2) is 6.20. The van der Waals surface area contributed by atoms with E-state index in [1.165, 1.54) is 12.1 Å². The first-order valence-corrected chi connectivity index (χ1v) is 9.02. The van der Waals surface area contributed by atoms with Crippen LogP contribution in [0.1, 0.15) is 5.82 Å². The van der Waals surface area contributed by atoms with E-state index in [2.05, 4.69) is 26.2 Å². The van der Waals surface area contributed by atoms with Gasteiger partial charge in [-0.25, -0.2) is 9.37 Å². The number of benzene rings is 2. The summed E-state index contributed by atoms with van der Waals surface area (Å²) in [4.78, 5) is 7.78. The summed E-state index contributed by atoms with van der Waals surface area (Å²) < 4.78 is 15.3. The van der Waals surface area contributed by atoms with Gasteiger partial charge in [-0.3, -0.25) is 5.10 Å². The van der Waals surface area contributed by atoms with Crippen molar-refractivity contribution in [3.63, 3.8) is 0 Å². The number of rotatable bonds is 3. The summed E-state index contributed by atoms with van der Waals surface area (Å²) in [6.45, 7) is 1.97. The summed E-state index contributed by atoms with van der Waals surface area (Å²) in [7, 11) is 1.98. The van der Waals surface area contributed by atoms with E-state index in [9.17, 15) is 4.39 Å². The monoisotopic (exact) mass is 371 g/mol. The van der Waals surface area contributed by atoms with Crippen molar-refractivity contribution in [3.05, 3.63) is 72.4 Å². The molecule has 6 heteroatoms. The molecule has 0 radical (unpaired) electrons. The van der Waals surface area contributed by atoms with Gasteiger partial charge in [0.1, 0.15) is 17.3 Å². The molecule has 0 fully saturated rings. The molecule has 0 saturated carbocycles. The maximum atomic E-state index is 13.3. The SMILES string of the molecule is Cc1ncc(-c2cc(-c3cc4c(-c5ccc(F)cc5)cccc4[nH]3)n[nH]2)n1C. The Balaban J connectivity index is 1.59. The lowest BCUT2D eigenvalue weighted by molar-refractivity contribution is 0.628. The third-order valence-electron chi connectivity index (χ3n) is 5.17. The van der Waals surface area contributed by atoms with Crippen LogP contribution in [0.15, 0.2) is 60.8 Å². The van der Waals surface area contributed by atoms with Crippen LogP contribution in [0.5, 0.6) is 0 Å². The van der Waals surface area contributed by atoms with Crippen LogP contribution in [-0.4, -0.2) is 24.7 Å². The van der Waals surface area contributed by atoms with Crippen LogP contribution in [0.3, 0.4) is 0 Å². The topological polar surface area (TPSA) is 62.3 Å². The molecule has 0 aliphatic carbocycles. The average Bonchev–Trinajstić information content (AvgIpc) is 3.41. The van der Waals surface area contributed by atoms with Crippen molar-refractivity contribution in [1.82, 2.24) is 24.7 Å². The number of nitrogens with zero attached hydrogens (tertiary/aromatic N) is 3. The number of fused-ring (bicyclic) bond motifs is 1. The van der Waals surface area contributed by atoms with Gasteiger partial charge in [0.25, 0.3) is 0 Å². The molecule has 0 aliphatic rings. The quantitative estimate of drug-likeness (QED) is 0.465. The fraction of sp³-hybridized carbons (Fsp3) is 0.0909. The number of aromatic nitrogens is 5. The van der Waals surface area contributed by atoms with Crippen molar-refractivity contribution in [3.8, 4) is 33.9 Å². The predicted octanol–water partition coefficient (Wildman–Crippen LogP) is 5.07. The molecule has 5 rings (SSSR count). The Kier molecular flexibility index (Phi) is 3.65. The van der Waals surface area contributed by atoms with Crippen molar-refractivity contribution in [2.45, 2.75) is 6.92 Å². The largest absolute Gasteiger partial charge is 0.353 e. The van der Waals surface area contributed by atoms with Crippen molar-refractivity contribution in [1.29, 1.82) is 0 Å². The maximum Gasteiger partial charge on any atom is 0.123 e. The molecule has 5 nitrogen and oxygen atoms in total. The Bertz CT molecular complexity index is 1290. The summed E-state index contributed by atoms with van der Waals surface area (Å²) in [5.41, 5.74) is 6.69. The van der Waals surface area contributed by atoms with Crippen molar-refractivity contribution in [2.75, 3.05) is 0 Å². The fourth-order valence-corrected chi connectivity index (χ4v) is 3.52. The predicted molar refractivity (Wildman–Crippen MR) is 108 cm³/mol. The van der Waals surface area contributed by atoms with Crippen LogP contribution >= 0.6 is 0 Å². The highest BCUT2D eigenvalue weighted by atomic mass is 19.1. The highest BCUT2D eigenvalue weighted by Gasteiger charge is 2.13. The number of aromatic amines is 2. The number of H-pyrrole nitrogens is 2. The molecule has 0 spiro atoms. The van der Waals surface area contributed by atoms with E-state index in [1.807, 2.05) is 49.0 Å². The third-order valence-corrected chi connectivity index (χ3v) is 5.17. The Morgan fingerprint density at radius 1 is 1.00 bits per heavy atom. The lowest BCUT2D eigenvalue weighted by Gasteiger charge is -2.03. The third kappa shape index (κ3) is 2.62. The Morgan fingerprint density at radius 3 is 2.57 bits per heavy atom.